The van der Waals surface area contributed by atoms with Gasteiger partial charge in [-0.25, -0.2) is 0 Å². The van der Waals surface area contributed by atoms with Crippen molar-refractivity contribution in [3.05, 3.63) is 83.2 Å². The van der Waals surface area contributed by atoms with E-state index in [-0.39, 0.29) is 12.3 Å². The highest BCUT2D eigenvalue weighted by Gasteiger charge is 2.52. The van der Waals surface area contributed by atoms with Gasteiger partial charge in [0.2, 0.25) is 11.6 Å². The molecule has 27 heavy (non-hydrogen) atoms. The van der Waals surface area contributed by atoms with Crippen LogP contribution in [0.5, 0.6) is 0 Å². The van der Waals surface area contributed by atoms with Gasteiger partial charge in [0, 0.05) is 5.02 Å². The lowest BCUT2D eigenvalue weighted by Gasteiger charge is -2.26. The Morgan fingerprint density at radius 1 is 1.04 bits per heavy atom. The smallest absolute Gasteiger partial charge is 0.291 e. The molecule has 1 aliphatic heterocycles. The number of hydrogen-bond donors (Lipinski definition) is 0. The zero-order valence-corrected chi connectivity index (χ0v) is 14.8. The van der Waals surface area contributed by atoms with Gasteiger partial charge in [0.1, 0.15) is 11.7 Å². The highest BCUT2D eigenvalue weighted by atomic mass is 35.5. The number of Topliss-reactive ketones (excluding diaryl/α,β-unsaturated/α-hetero) is 2. The molecule has 0 saturated carbocycles. The van der Waals surface area contributed by atoms with Gasteiger partial charge < -0.3 is 13.7 Å². The van der Waals surface area contributed by atoms with Crippen molar-refractivity contribution < 1.29 is 23.2 Å². The summed E-state index contributed by atoms with van der Waals surface area (Å²) in [7, 11) is 0. The van der Waals surface area contributed by atoms with Crippen molar-refractivity contribution >= 4 is 29.1 Å². The Balaban J connectivity index is 1.79. The lowest BCUT2D eigenvalue weighted by Crippen LogP contribution is -2.30. The molecule has 4 rings (SSSR count). The molecule has 1 aromatic carbocycles. The van der Waals surface area contributed by atoms with Gasteiger partial charge in [0.25, 0.3) is 5.91 Å². The number of halogens is 1. The predicted molar refractivity (Wildman–Crippen MR) is 95.0 cm³/mol. The molecule has 0 N–H and O–H groups in total. The highest BCUT2D eigenvalue weighted by Crippen LogP contribution is 2.39. The third-order valence-electron chi connectivity index (χ3n) is 4.55. The summed E-state index contributed by atoms with van der Waals surface area (Å²) in [6.07, 6.45) is 2.83. The van der Waals surface area contributed by atoms with Crippen molar-refractivity contribution in [2.45, 2.75) is 12.6 Å². The number of benzene rings is 1. The van der Waals surface area contributed by atoms with E-state index in [1.54, 1.807) is 42.5 Å². The van der Waals surface area contributed by atoms with Crippen LogP contribution in [0.1, 0.15) is 27.9 Å². The standard InChI is InChI=1S/C20H14ClNO5/c21-13-5-1-4-12(10-13)17-16(18(23)15-7-3-9-27-15)19(24)20(25)22(17)11-14-6-2-8-26-14/h1-10,16-17H,11H2. The molecule has 3 aromatic rings. The predicted octanol–water partition coefficient (Wildman–Crippen LogP) is 3.68. The minimum absolute atomic E-state index is 0.0352. The second-order valence-corrected chi connectivity index (χ2v) is 6.63. The molecule has 1 amide bonds. The highest BCUT2D eigenvalue weighted by molar-refractivity contribution is 6.43. The normalized spacial score (nSPS) is 19.7. The SMILES string of the molecule is O=C1C(=O)N(Cc2ccco2)C(c2cccc(Cl)c2)C1C(=O)c1ccco1. The maximum Gasteiger partial charge on any atom is 0.291 e. The fourth-order valence-electron chi connectivity index (χ4n) is 3.36. The molecular formula is C20H14ClNO5. The summed E-state index contributed by atoms with van der Waals surface area (Å²) < 4.78 is 10.5. The fourth-order valence-corrected chi connectivity index (χ4v) is 3.56. The number of carbonyl (C=O) groups excluding carboxylic acids is 3. The molecule has 0 radical (unpaired) electrons. The van der Waals surface area contributed by atoms with E-state index in [1.165, 1.54) is 23.5 Å². The molecule has 0 aliphatic carbocycles. The van der Waals surface area contributed by atoms with Crippen LogP contribution in [0, 0.1) is 5.92 Å². The molecule has 2 aromatic heterocycles. The van der Waals surface area contributed by atoms with Gasteiger partial charge in [-0.15, -0.1) is 0 Å². The second kappa shape index (κ2) is 6.89. The van der Waals surface area contributed by atoms with Gasteiger partial charge in [-0.1, -0.05) is 23.7 Å². The van der Waals surface area contributed by atoms with Gasteiger partial charge in [0.05, 0.1) is 25.1 Å². The second-order valence-electron chi connectivity index (χ2n) is 6.20. The van der Waals surface area contributed by atoms with Crippen molar-refractivity contribution in [1.82, 2.24) is 4.90 Å². The Morgan fingerprint density at radius 3 is 2.48 bits per heavy atom. The van der Waals surface area contributed by atoms with Crippen LogP contribution in [0.4, 0.5) is 0 Å². The van der Waals surface area contributed by atoms with Crippen LogP contribution in [0.15, 0.2) is 69.9 Å². The lowest BCUT2D eigenvalue weighted by atomic mass is 9.88. The molecular weight excluding hydrogens is 370 g/mol. The Morgan fingerprint density at radius 2 is 1.81 bits per heavy atom. The molecule has 1 saturated heterocycles. The average Bonchev–Trinajstić information content (AvgIpc) is 3.40. The molecule has 0 bridgehead atoms. The van der Waals surface area contributed by atoms with E-state index in [0.29, 0.717) is 16.3 Å². The van der Waals surface area contributed by atoms with Gasteiger partial charge in [-0.3, -0.25) is 14.4 Å². The summed E-state index contributed by atoms with van der Waals surface area (Å²) in [6.45, 7) is 0.0662. The van der Waals surface area contributed by atoms with Crippen LogP contribution in [0.25, 0.3) is 0 Å². The largest absolute Gasteiger partial charge is 0.467 e. The number of amides is 1. The monoisotopic (exact) mass is 383 g/mol. The first-order chi connectivity index (χ1) is 13.1. The maximum absolute atomic E-state index is 12.9. The third-order valence-corrected chi connectivity index (χ3v) is 4.78. The van der Waals surface area contributed by atoms with Crippen molar-refractivity contribution in [1.29, 1.82) is 0 Å². The van der Waals surface area contributed by atoms with E-state index in [4.69, 9.17) is 20.4 Å². The number of ketones is 2. The van der Waals surface area contributed by atoms with Gasteiger partial charge in [0.15, 0.2) is 5.76 Å². The Labute approximate surface area is 159 Å². The summed E-state index contributed by atoms with van der Waals surface area (Å²) in [6, 6.07) is 12.4. The summed E-state index contributed by atoms with van der Waals surface area (Å²) in [5.41, 5.74) is 0.596. The minimum Gasteiger partial charge on any atom is -0.467 e. The van der Waals surface area contributed by atoms with Crippen molar-refractivity contribution in [2.75, 3.05) is 0 Å². The fraction of sp³-hybridized carbons (Fsp3) is 0.150. The number of nitrogens with zero attached hydrogens (tertiary/aromatic N) is 1. The summed E-state index contributed by atoms with van der Waals surface area (Å²) in [4.78, 5) is 39.7. The Kier molecular flexibility index (Phi) is 4.41. The summed E-state index contributed by atoms with van der Waals surface area (Å²) >= 11 is 6.10. The van der Waals surface area contributed by atoms with E-state index in [2.05, 4.69) is 0 Å². The quantitative estimate of drug-likeness (QED) is 0.381. The molecule has 2 unspecified atom stereocenters. The zero-order valence-electron chi connectivity index (χ0n) is 14.0. The summed E-state index contributed by atoms with van der Waals surface area (Å²) in [5.74, 6) is -2.71. The molecule has 3 heterocycles. The van der Waals surface area contributed by atoms with Crippen LogP contribution in [-0.2, 0) is 16.1 Å². The van der Waals surface area contributed by atoms with Gasteiger partial charge in [-0.2, -0.15) is 0 Å². The van der Waals surface area contributed by atoms with Crippen LogP contribution in [0.3, 0.4) is 0 Å². The first kappa shape index (κ1) is 17.3. The average molecular weight is 384 g/mol. The Bertz CT molecular complexity index is 993. The molecule has 6 nitrogen and oxygen atoms in total. The van der Waals surface area contributed by atoms with Crippen molar-refractivity contribution in [3.8, 4) is 0 Å². The van der Waals surface area contributed by atoms with Crippen LogP contribution in [-0.4, -0.2) is 22.4 Å². The van der Waals surface area contributed by atoms with Crippen LogP contribution in [0.2, 0.25) is 5.02 Å². The van der Waals surface area contributed by atoms with Crippen molar-refractivity contribution in [3.63, 3.8) is 0 Å². The number of hydrogen-bond acceptors (Lipinski definition) is 5. The van der Waals surface area contributed by atoms with E-state index in [0.717, 1.165) is 0 Å². The first-order valence-corrected chi connectivity index (χ1v) is 8.64. The molecule has 1 fully saturated rings. The number of rotatable bonds is 5. The topological polar surface area (TPSA) is 80.7 Å². The molecule has 7 heteroatoms. The van der Waals surface area contributed by atoms with E-state index < -0.39 is 29.4 Å². The molecule has 2 atom stereocenters. The van der Waals surface area contributed by atoms with Crippen LogP contribution < -0.4 is 0 Å². The van der Waals surface area contributed by atoms with Crippen molar-refractivity contribution in [2.24, 2.45) is 5.92 Å². The molecule has 0 spiro atoms. The van der Waals surface area contributed by atoms with E-state index in [1.807, 2.05) is 0 Å². The number of likely N-dealkylation sites (tertiary alicyclic amines) is 1. The first-order valence-electron chi connectivity index (χ1n) is 8.26. The third kappa shape index (κ3) is 3.08. The molecule has 136 valence electrons. The van der Waals surface area contributed by atoms with E-state index >= 15 is 0 Å². The number of carbonyl (C=O) groups is 3. The summed E-state index contributed by atoms with van der Waals surface area (Å²) in [5, 5.41) is 0.446. The maximum atomic E-state index is 12.9. The minimum atomic E-state index is -1.21. The van der Waals surface area contributed by atoms with Gasteiger partial charge in [-0.05, 0) is 42.0 Å². The Hall–Kier alpha value is -3.12. The molecule has 1 aliphatic rings. The lowest BCUT2D eigenvalue weighted by molar-refractivity contribution is -0.141. The number of furan rings is 2. The van der Waals surface area contributed by atoms with Gasteiger partial charge >= 0.3 is 0 Å². The van der Waals surface area contributed by atoms with Crippen LogP contribution >= 0.6 is 11.6 Å². The zero-order chi connectivity index (χ0) is 19.0. The van der Waals surface area contributed by atoms with E-state index in [9.17, 15) is 14.4 Å².